The summed E-state index contributed by atoms with van der Waals surface area (Å²) in [7, 11) is 1.76. The molecule has 0 amide bonds. The van der Waals surface area contributed by atoms with Gasteiger partial charge in [-0.25, -0.2) is 0 Å². The Kier molecular flexibility index (Phi) is 6.70. The van der Waals surface area contributed by atoms with Crippen LogP contribution >= 0.6 is 0 Å². The zero-order valence-corrected chi connectivity index (χ0v) is 11.0. The summed E-state index contributed by atoms with van der Waals surface area (Å²) in [5, 5.41) is 3.03. The quantitative estimate of drug-likeness (QED) is 0.779. The van der Waals surface area contributed by atoms with Crippen LogP contribution in [0.4, 0.5) is 13.2 Å². The highest BCUT2D eigenvalue weighted by molar-refractivity contribution is 5.20. The smallest absolute Gasteiger partial charge is 0.389 e. The molecule has 0 radical (unpaired) electrons. The third kappa shape index (κ3) is 7.72. The van der Waals surface area contributed by atoms with Crippen molar-refractivity contribution in [3.63, 3.8) is 0 Å². The van der Waals surface area contributed by atoms with E-state index in [-0.39, 0.29) is 12.5 Å². The molecular weight excluding hydrogens is 255 g/mol. The predicted octanol–water partition coefficient (Wildman–Crippen LogP) is 3.78. The number of hydrogen-bond acceptors (Lipinski definition) is 2. The van der Waals surface area contributed by atoms with Gasteiger partial charge in [0, 0.05) is 12.5 Å². The van der Waals surface area contributed by atoms with Crippen LogP contribution in [-0.4, -0.2) is 25.9 Å². The minimum absolute atomic E-state index is 0.0612. The lowest BCUT2D eigenvalue weighted by atomic mass is 10.1. The number of benzene rings is 1. The molecule has 0 aliphatic rings. The molecule has 2 nitrogen and oxygen atoms in total. The van der Waals surface area contributed by atoms with E-state index < -0.39 is 12.6 Å². The maximum absolute atomic E-state index is 12.0. The fraction of sp³-hybridized carbons (Fsp3) is 0.571. The van der Waals surface area contributed by atoms with Crippen LogP contribution in [0.15, 0.2) is 30.3 Å². The standard InChI is InChI=1S/C14H20F3NO/c1-18-12(6-5-10-14(15,16)17)9-11-19-13-7-3-2-4-8-13/h2-4,7-8,12,18H,5-6,9-11H2,1H3. The molecule has 0 fully saturated rings. The molecule has 0 aliphatic heterocycles. The van der Waals surface area contributed by atoms with Gasteiger partial charge in [-0.2, -0.15) is 13.2 Å². The zero-order valence-electron chi connectivity index (χ0n) is 11.0. The van der Waals surface area contributed by atoms with Gasteiger partial charge < -0.3 is 10.1 Å². The minimum Gasteiger partial charge on any atom is -0.494 e. The summed E-state index contributed by atoms with van der Waals surface area (Å²) in [4.78, 5) is 0. The summed E-state index contributed by atoms with van der Waals surface area (Å²) >= 11 is 0. The first-order chi connectivity index (χ1) is 9.01. The van der Waals surface area contributed by atoms with Crippen LogP contribution in [0.1, 0.15) is 25.7 Å². The Morgan fingerprint density at radius 1 is 1.16 bits per heavy atom. The lowest BCUT2D eigenvalue weighted by Gasteiger charge is -2.17. The average Bonchev–Trinajstić information content (AvgIpc) is 2.37. The number of ether oxygens (including phenoxy) is 1. The summed E-state index contributed by atoms with van der Waals surface area (Å²) in [6.07, 6.45) is -3.42. The Morgan fingerprint density at radius 3 is 2.42 bits per heavy atom. The van der Waals surface area contributed by atoms with Gasteiger partial charge in [0.15, 0.2) is 0 Å². The summed E-state index contributed by atoms with van der Waals surface area (Å²) in [5.74, 6) is 0.785. The molecule has 19 heavy (non-hydrogen) atoms. The lowest BCUT2D eigenvalue weighted by Crippen LogP contribution is -2.27. The molecular formula is C14H20F3NO. The Bertz CT molecular complexity index is 340. The first-order valence-corrected chi connectivity index (χ1v) is 6.43. The van der Waals surface area contributed by atoms with Crippen molar-refractivity contribution >= 4 is 0 Å². The van der Waals surface area contributed by atoms with Gasteiger partial charge in [-0.05, 0) is 38.4 Å². The molecule has 0 aromatic heterocycles. The summed E-state index contributed by atoms with van der Waals surface area (Å²) in [6, 6.07) is 9.45. The number of halogens is 3. The van der Waals surface area contributed by atoms with Crippen molar-refractivity contribution in [1.82, 2.24) is 5.32 Å². The number of hydrogen-bond donors (Lipinski definition) is 1. The number of nitrogens with one attached hydrogen (secondary N) is 1. The van der Waals surface area contributed by atoms with Gasteiger partial charge in [0.25, 0.3) is 0 Å². The van der Waals surface area contributed by atoms with Crippen LogP contribution in [0.25, 0.3) is 0 Å². The van der Waals surface area contributed by atoms with Crippen molar-refractivity contribution < 1.29 is 17.9 Å². The molecule has 0 bridgehead atoms. The zero-order chi connectivity index (χ0) is 14.1. The molecule has 1 rings (SSSR count). The van der Waals surface area contributed by atoms with Gasteiger partial charge in [0.1, 0.15) is 5.75 Å². The van der Waals surface area contributed by atoms with Crippen molar-refractivity contribution in [1.29, 1.82) is 0 Å². The SMILES string of the molecule is CNC(CCCC(F)(F)F)CCOc1ccccc1. The fourth-order valence-electron chi connectivity index (χ4n) is 1.82. The molecule has 1 aromatic rings. The third-order valence-electron chi connectivity index (χ3n) is 2.90. The van der Waals surface area contributed by atoms with Crippen LogP contribution in [0, 0.1) is 0 Å². The van der Waals surface area contributed by atoms with Crippen LogP contribution in [0.2, 0.25) is 0 Å². The van der Waals surface area contributed by atoms with Crippen LogP contribution in [0.5, 0.6) is 5.75 Å². The Morgan fingerprint density at radius 2 is 1.84 bits per heavy atom. The summed E-state index contributed by atoms with van der Waals surface area (Å²) < 4.78 is 41.6. The molecule has 0 heterocycles. The first-order valence-electron chi connectivity index (χ1n) is 6.43. The normalized spacial score (nSPS) is 13.3. The molecule has 1 atom stereocenters. The molecule has 0 saturated heterocycles. The van der Waals surface area contributed by atoms with Crippen molar-refractivity contribution in [2.24, 2.45) is 0 Å². The van der Waals surface area contributed by atoms with Crippen molar-refractivity contribution in [3.8, 4) is 5.75 Å². The van der Waals surface area contributed by atoms with Crippen molar-refractivity contribution in [2.75, 3.05) is 13.7 Å². The van der Waals surface area contributed by atoms with Gasteiger partial charge >= 0.3 is 6.18 Å². The van der Waals surface area contributed by atoms with Crippen LogP contribution in [0.3, 0.4) is 0 Å². The monoisotopic (exact) mass is 275 g/mol. The molecule has 5 heteroatoms. The topological polar surface area (TPSA) is 21.3 Å². The highest BCUT2D eigenvalue weighted by Crippen LogP contribution is 2.23. The maximum Gasteiger partial charge on any atom is 0.389 e. The van der Waals surface area contributed by atoms with Crippen molar-refractivity contribution in [2.45, 2.75) is 37.9 Å². The fourth-order valence-corrected chi connectivity index (χ4v) is 1.82. The predicted molar refractivity (Wildman–Crippen MR) is 69.3 cm³/mol. The highest BCUT2D eigenvalue weighted by Gasteiger charge is 2.26. The van der Waals surface area contributed by atoms with E-state index in [1.165, 1.54) is 0 Å². The molecule has 0 aliphatic carbocycles. The molecule has 1 unspecified atom stereocenters. The number of alkyl halides is 3. The Balaban J connectivity index is 2.18. The van der Waals surface area contributed by atoms with E-state index in [1.807, 2.05) is 30.3 Å². The lowest BCUT2D eigenvalue weighted by molar-refractivity contribution is -0.135. The van der Waals surface area contributed by atoms with Gasteiger partial charge in [0.05, 0.1) is 6.61 Å². The van der Waals surface area contributed by atoms with E-state index in [1.54, 1.807) is 7.05 Å². The largest absolute Gasteiger partial charge is 0.494 e. The van der Waals surface area contributed by atoms with Crippen molar-refractivity contribution in [3.05, 3.63) is 30.3 Å². The Hall–Kier alpha value is -1.23. The second-order valence-electron chi connectivity index (χ2n) is 4.44. The second-order valence-corrected chi connectivity index (χ2v) is 4.44. The summed E-state index contributed by atoms with van der Waals surface area (Å²) in [5.41, 5.74) is 0. The first kappa shape index (κ1) is 15.8. The van der Waals surface area contributed by atoms with Crippen LogP contribution < -0.4 is 10.1 Å². The highest BCUT2D eigenvalue weighted by atomic mass is 19.4. The molecule has 0 spiro atoms. The Labute approximate surface area is 112 Å². The van der Waals surface area contributed by atoms with Gasteiger partial charge in [-0.15, -0.1) is 0 Å². The van der Waals surface area contributed by atoms with E-state index in [0.29, 0.717) is 19.4 Å². The molecule has 108 valence electrons. The van der Waals surface area contributed by atoms with E-state index in [4.69, 9.17) is 4.74 Å². The number of rotatable bonds is 8. The van der Waals surface area contributed by atoms with E-state index >= 15 is 0 Å². The van der Waals surface area contributed by atoms with E-state index in [0.717, 1.165) is 5.75 Å². The van der Waals surface area contributed by atoms with Crippen LogP contribution in [-0.2, 0) is 0 Å². The summed E-state index contributed by atoms with van der Waals surface area (Å²) in [6.45, 7) is 0.502. The molecule has 1 aromatic carbocycles. The second kappa shape index (κ2) is 8.04. The van der Waals surface area contributed by atoms with Gasteiger partial charge in [-0.3, -0.25) is 0 Å². The van der Waals surface area contributed by atoms with Gasteiger partial charge in [-0.1, -0.05) is 18.2 Å². The third-order valence-corrected chi connectivity index (χ3v) is 2.90. The number of para-hydroxylation sites is 1. The van der Waals surface area contributed by atoms with E-state index in [9.17, 15) is 13.2 Å². The molecule has 0 saturated carbocycles. The maximum atomic E-state index is 12.0. The minimum atomic E-state index is -4.06. The van der Waals surface area contributed by atoms with E-state index in [2.05, 4.69) is 5.32 Å². The average molecular weight is 275 g/mol. The van der Waals surface area contributed by atoms with Gasteiger partial charge in [0.2, 0.25) is 0 Å². The molecule has 1 N–H and O–H groups in total.